The lowest BCUT2D eigenvalue weighted by atomic mass is 10.1. The first-order chi connectivity index (χ1) is 9.15. The molecule has 0 bridgehead atoms. The van der Waals surface area contributed by atoms with Crippen molar-refractivity contribution in [3.05, 3.63) is 64.9 Å². The first kappa shape index (κ1) is 13.8. The molecule has 19 heavy (non-hydrogen) atoms. The average Bonchev–Trinajstić information content (AvgIpc) is 2.39. The third kappa shape index (κ3) is 4.23. The Morgan fingerprint density at radius 1 is 1.16 bits per heavy atom. The van der Waals surface area contributed by atoms with E-state index >= 15 is 0 Å². The highest BCUT2D eigenvalue weighted by molar-refractivity contribution is 6.30. The zero-order valence-corrected chi connectivity index (χ0v) is 11.0. The van der Waals surface area contributed by atoms with Crippen LogP contribution in [0.1, 0.15) is 5.56 Å². The standard InChI is InChI=1S/C15H14ClFO2/c16-12-5-3-6-14(9-12)19-10-13(18)8-11-4-1-2-7-15(11)17/h1-7,9,13,18H,8,10H2. The molecule has 0 fully saturated rings. The summed E-state index contributed by atoms with van der Waals surface area (Å²) in [5, 5.41) is 10.4. The maximum absolute atomic E-state index is 13.4. The minimum atomic E-state index is -0.768. The summed E-state index contributed by atoms with van der Waals surface area (Å²) in [5.41, 5.74) is 0.477. The van der Waals surface area contributed by atoms with Gasteiger partial charge in [-0.1, -0.05) is 35.9 Å². The van der Waals surface area contributed by atoms with Gasteiger partial charge in [0.05, 0.1) is 6.10 Å². The van der Waals surface area contributed by atoms with Gasteiger partial charge in [0.2, 0.25) is 0 Å². The molecule has 2 aromatic rings. The van der Waals surface area contributed by atoms with Gasteiger partial charge in [0, 0.05) is 11.4 Å². The molecule has 2 aromatic carbocycles. The molecule has 0 radical (unpaired) electrons. The zero-order valence-electron chi connectivity index (χ0n) is 10.2. The van der Waals surface area contributed by atoms with Gasteiger partial charge in [0.25, 0.3) is 0 Å². The summed E-state index contributed by atoms with van der Waals surface area (Å²) in [4.78, 5) is 0. The molecule has 100 valence electrons. The third-order valence-electron chi connectivity index (χ3n) is 2.65. The van der Waals surface area contributed by atoms with E-state index in [0.29, 0.717) is 16.3 Å². The summed E-state index contributed by atoms with van der Waals surface area (Å²) in [6.07, 6.45) is -0.552. The molecule has 0 saturated heterocycles. The van der Waals surface area contributed by atoms with Crippen LogP contribution in [-0.4, -0.2) is 17.8 Å². The number of aliphatic hydroxyl groups excluding tert-OH is 1. The molecule has 1 unspecified atom stereocenters. The Morgan fingerprint density at radius 3 is 2.68 bits per heavy atom. The van der Waals surface area contributed by atoms with Crippen molar-refractivity contribution >= 4 is 11.6 Å². The summed E-state index contributed by atoms with van der Waals surface area (Å²) < 4.78 is 18.8. The minimum absolute atomic E-state index is 0.0919. The van der Waals surface area contributed by atoms with Gasteiger partial charge in [0.1, 0.15) is 18.2 Å². The molecule has 1 N–H and O–H groups in total. The van der Waals surface area contributed by atoms with E-state index in [1.807, 2.05) is 0 Å². The maximum atomic E-state index is 13.4. The molecule has 1 atom stereocenters. The van der Waals surface area contributed by atoms with E-state index in [9.17, 15) is 9.50 Å². The highest BCUT2D eigenvalue weighted by atomic mass is 35.5. The quantitative estimate of drug-likeness (QED) is 0.909. The van der Waals surface area contributed by atoms with Gasteiger partial charge in [-0.2, -0.15) is 0 Å². The minimum Gasteiger partial charge on any atom is -0.491 e. The van der Waals surface area contributed by atoms with Crippen LogP contribution < -0.4 is 4.74 Å². The SMILES string of the molecule is OC(COc1cccc(Cl)c1)Cc1ccccc1F. The second kappa shape index (κ2) is 6.55. The predicted molar refractivity (Wildman–Crippen MR) is 73.1 cm³/mol. The van der Waals surface area contributed by atoms with E-state index < -0.39 is 6.10 Å². The molecule has 0 saturated carbocycles. The lowest BCUT2D eigenvalue weighted by Crippen LogP contribution is -2.20. The van der Waals surface area contributed by atoms with Gasteiger partial charge in [-0.3, -0.25) is 0 Å². The molecular weight excluding hydrogens is 267 g/mol. The first-order valence-corrected chi connectivity index (χ1v) is 6.33. The number of aliphatic hydroxyl groups is 1. The van der Waals surface area contributed by atoms with E-state index in [1.54, 1.807) is 42.5 Å². The molecular formula is C15H14ClFO2. The molecule has 0 heterocycles. The van der Waals surface area contributed by atoms with E-state index in [0.717, 1.165) is 0 Å². The molecule has 0 aliphatic heterocycles. The van der Waals surface area contributed by atoms with Crippen LogP contribution in [0.4, 0.5) is 4.39 Å². The van der Waals surface area contributed by atoms with Crippen LogP contribution in [0.25, 0.3) is 0 Å². The van der Waals surface area contributed by atoms with Crippen LogP contribution in [0.15, 0.2) is 48.5 Å². The van der Waals surface area contributed by atoms with E-state index in [-0.39, 0.29) is 18.8 Å². The number of hydrogen-bond acceptors (Lipinski definition) is 2. The summed E-state index contributed by atoms with van der Waals surface area (Å²) >= 11 is 5.82. The van der Waals surface area contributed by atoms with Gasteiger partial charge in [-0.05, 0) is 29.8 Å². The Labute approximate surface area is 116 Å². The smallest absolute Gasteiger partial charge is 0.126 e. The van der Waals surface area contributed by atoms with Crippen molar-refractivity contribution in [2.45, 2.75) is 12.5 Å². The topological polar surface area (TPSA) is 29.5 Å². The van der Waals surface area contributed by atoms with Gasteiger partial charge in [-0.15, -0.1) is 0 Å². The number of hydrogen-bond donors (Lipinski definition) is 1. The van der Waals surface area contributed by atoms with Crippen LogP contribution in [0.2, 0.25) is 5.02 Å². The van der Waals surface area contributed by atoms with Crippen LogP contribution >= 0.6 is 11.6 Å². The normalized spacial score (nSPS) is 12.2. The van der Waals surface area contributed by atoms with E-state index in [4.69, 9.17) is 16.3 Å². The Bertz CT molecular complexity index is 545. The molecule has 0 aliphatic rings. The second-order valence-electron chi connectivity index (χ2n) is 4.22. The summed E-state index contributed by atoms with van der Waals surface area (Å²) in [6.45, 7) is 0.0919. The van der Waals surface area contributed by atoms with Crippen molar-refractivity contribution in [1.82, 2.24) is 0 Å². The molecule has 0 aliphatic carbocycles. The Kier molecular flexibility index (Phi) is 4.77. The van der Waals surface area contributed by atoms with Crippen molar-refractivity contribution in [2.75, 3.05) is 6.61 Å². The molecule has 0 spiro atoms. The number of benzene rings is 2. The van der Waals surface area contributed by atoms with Crippen molar-refractivity contribution < 1.29 is 14.2 Å². The Hall–Kier alpha value is -1.58. The fourth-order valence-electron chi connectivity index (χ4n) is 1.73. The summed E-state index contributed by atoms with van der Waals surface area (Å²) in [7, 11) is 0. The first-order valence-electron chi connectivity index (χ1n) is 5.95. The van der Waals surface area contributed by atoms with Crippen molar-refractivity contribution in [3.63, 3.8) is 0 Å². The molecule has 0 amide bonds. The van der Waals surface area contributed by atoms with Crippen LogP contribution in [0.5, 0.6) is 5.75 Å². The van der Waals surface area contributed by atoms with E-state index in [1.165, 1.54) is 6.07 Å². The largest absolute Gasteiger partial charge is 0.491 e. The van der Waals surface area contributed by atoms with Gasteiger partial charge >= 0.3 is 0 Å². The lowest BCUT2D eigenvalue weighted by Gasteiger charge is -2.13. The summed E-state index contributed by atoms with van der Waals surface area (Å²) in [6, 6.07) is 13.3. The average molecular weight is 281 g/mol. The fourth-order valence-corrected chi connectivity index (χ4v) is 1.91. The predicted octanol–water partition coefficient (Wildman–Crippen LogP) is 3.46. The molecule has 2 rings (SSSR count). The van der Waals surface area contributed by atoms with Crippen LogP contribution in [-0.2, 0) is 6.42 Å². The Morgan fingerprint density at radius 2 is 1.95 bits per heavy atom. The molecule has 4 heteroatoms. The van der Waals surface area contributed by atoms with Crippen molar-refractivity contribution in [3.8, 4) is 5.75 Å². The number of rotatable bonds is 5. The van der Waals surface area contributed by atoms with Gasteiger partial charge < -0.3 is 9.84 Å². The monoisotopic (exact) mass is 280 g/mol. The van der Waals surface area contributed by atoms with Crippen molar-refractivity contribution in [1.29, 1.82) is 0 Å². The van der Waals surface area contributed by atoms with Crippen LogP contribution in [0.3, 0.4) is 0 Å². The summed E-state index contributed by atoms with van der Waals surface area (Å²) in [5.74, 6) is 0.268. The molecule has 2 nitrogen and oxygen atoms in total. The van der Waals surface area contributed by atoms with Crippen molar-refractivity contribution in [2.24, 2.45) is 0 Å². The second-order valence-corrected chi connectivity index (χ2v) is 4.65. The van der Waals surface area contributed by atoms with E-state index in [2.05, 4.69) is 0 Å². The van der Waals surface area contributed by atoms with Gasteiger partial charge in [0.15, 0.2) is 0 Å². The maximum Gasteiger partial charge on any atom is 0.126 e. The highest BCUT2D eigenvalue weighted by Gasteiger charge is 2.10. The molecule has 0 aromatic heterocycles. The zero-order chi connectivity index (χ0) is 13.7. The highest BCUT2D eigenvalue weighted by Crippen LogP contribution is 2.17. The fraction of sp³-hybridized carbons (Fsp3) is 0.200. The number of ether oxygens (including phenoxy) is 1. The third-order valence-corrected chi connectivity index (χ3v) is 2.89. The van der Waals surface area contributed by atoms with Gasteiger partial charge in [-0.25, -0.2) is 4.39 Å². The lowest BCUT2D eigenvalue weighted by molar-refractivity contribution is 0.107. The van der Waals surface area contributed by atoms with Crippen LogP contribution in [0, 0.1) is 5.82 Å². The Balaban J connectivity index is 1.88. The number of halogens is 2.